The molecule has 0 amide bonds. The van der Waals surface area contributed by atoms with Crippen LogP contribution in [0.15, 0.2) is 36.0 Å². The van der Waals surface area contributed by atoms with E-state index in [1.165, 1.54) is 109 Å². The Hall–Kier alpha value is -1.31. The number of carbonyl (C=O) groups is 1. The smallest absolute Gasteiger partial charge is 0.306 e. The van der Waals surface area contributed by atoms with Gasteiger partial charge in [-0.2, -0.15) is 0 Å². The third kappa shape index (κ3) is 10.6. The predicted molar refractivity (Wildman–Crippen MR) is 202 cm³/mol. The van der Waals surface area contributed by atoms with Gasteiger partial charge in [0.05, 0.1) is 0 Å². The van der Waals surface area contributed by atoms with Crippen LogP contribution in [-0.2, 0) is 9.53 Å². The van der Waals surface area contributed by atoms with Crippen molar-refractivity contribution in [1.29, 1.82) is 0 Å². The van der Waals surface area contributed by atoms with E-state index in [-0.39, 0.29) is 12.1 Å². The fraction of sp³-hybridized carbons (Fsp3) is 0.844. The number of hydrogen-bond donors (Lipinski definition) is 0. The molecule has 8 atom stereocenters. The molecule has 0 spiro atoms. The van der Waals surface area contributed by atoms with Gasteiger partial charge in [0.15, 0.2) is 0 Å². The Bertz CT molecular complexity index is 1020. The van der Waals surface area contributed by atoms with Crippen molar-refractivity contribution < 1.29 is 9.53 Å². The molecule has 47 heavy (non-hydrogen) atoms. The summed E-state index contributed by atoms with van der Waals surface area (Å²) in [6, 6.07) is 0. The number of fused-ring (bicyclic) bond motifs is 5. The Kier molecular flexibility index (Phi) is 15.7. The lowest BCUT2D eigenvalue weighted by atomic mass is 9.47. The highest BCUT2D eigenvalue weighted by molar-refractivity contribution is 5.69. The van der Waals surface area contributed by atoms with Crippen molar-refractivity contribution in [3.8, 4) is 0 Å². The lowest BCUT2D eigenvalue weighted by molar-refractivity contribution is -0.151. The second-order valence-corrected chi connectivity index (χ2v) is 17.6. The van der Waals surface area contributed by atoms with Gasteiger partial charge in [0.2, 0.25) is 0 Å². The number of allylic oxidation sites excluding steroid dienone is 5. The van der Waals surface area contributed by atoms with Gasteiger partial charge >= 0.3 is 5.97 Å². The fourth-order valence-corrected chi connectivity index (χ4v) is 11.1. The number of rotatable bonds is 20. The van der Waals surface area contributed by atoms with Crippen molar-refractivity contribution in [2.45, 2.75) is 195 Å². The molecule has 0 N–H and O–H groups in total. The van der Waals surface area contributed by atoms with Gasteiger partial charge in [-0.3, -0.25) is 4.79 Å². The number of carbonyl (C=O) groups excluding carboxylic acids is 1. The molecule has 2 heteroatoms. The molecular weight excluding hydrogens is 572 g/mol. The zero-order valence-corrected chi connectivity index (χ0v) is 32.0. The van der Waals surface area contributed by atoms with Gasteiger partial charge in [0.25, 0.3) is 0 Å². The Morgan fingerprint density at radius 3 is 2.30 bits per heavy atom. The third-order valence-corrected chi connectivity index (χ3v) is 13.9. The highest BCUT2D eigenvalue weighted by Gasteiger charge is 2.59. The topological polar surface area (TPSA) is 26.3 Å². The van der Waals surface area contributed by atoms with Gasteiger partial charge in [-0.1, -0.05) is 129 Å². The quantitative estimate of drug-likeness (QED) is 0.0746. The van der Waals surface area contributed by atoms with Crippen LogP contribution >= 0.6 is 0 Å². The van der Waals surface area contributed by atoms with Crippen LogP contribution < -0.4 is 0 Å². The first-order valence-electron chi connectivity index (χ1n) is 20.9. The summed E-state index contributed by atoms with van der Waals surface area (Å²) < 4.78 is 6.12. The highest BCUT2D eigenvalue weighted by Crippen LogP contribution is 2.67. The second kappa shape index (κ2) is 19.2. The van der Waals surface area contributed by atoms with Crippen LogP contribution in [0.4, 0.5) is 0 Å². The lowest BCUT2D eigenvalue weighted by Gasteiger charge is -2.58. The van der Waals surface area contributed by atoms with E-state index in [0.29, 0.717) is 17.3 Å². The summed E-state index contributed by atoms with van der Waals surface area (Å²) in [5.74, 6) is 5.30. The zero-order valence-electron chi connectivity index (χ0n) is 32.0. The number of unbranched alkanes of at least 4 members (excludes halogenated alkanes) is 8. The van der Waals surface area contributed by atoms with E-state index in [1.54, 1.807) is 5.57 Å². The molecule has 2 nitrogen and oxygen atoms in total. The highest BCUT2D eigenvalue weighted by atomic mass is 16.5. The van der Waals surface area contributed by atoms with Crippen LogP contribution in [0.5, 0.6) is 0 Å². The van der Waals surface area contributed by atoms with Gasteiger partial charge in [0.1, 0.15) is 6.10 Å². The maximum Gasteiger partial charge on any atom is 0.306 e. The molecule has 0 aromatic rings. The summed E-state index contributed by atoms with van der Waals surface area (Å²) >= 11 is 0. The molecule has 0 bridgehead atoms. The van der Waals surface area contributed by atoms with Gasteiger partial charge in [-0.05, 0) is 130 Å². The molecule has 3 saturated carbocycles. The van der Waals surface area contributed by atoms with E-state index < -0.39 is 0 Å². The van der Waals surface area contributed by atoms with Crippen LogP contribution in [0, 0.1) is 46.3 Å². The minimum atomic E-state index is 0.0477. The molecule has 0 saturated heterocycles. The lowest BCUT2D eigenvalue weighted by Crippen LogP contribution is -2.51. The fourth-order valence-electron chi connectivity index (χ4n) is 11.1. The van der Waals surface area contributed by atoms with Gasteiger partial charge in [0, 0.05) is 12.8 Å². The van der Waals surface area contributed by atoms with Gasteiger partial charge < -0.3 is 4.74 Å². The van der Waals surface area contributed by atoms with Gasteiger partial charge in [-0.25, -0.2) is 0 Å². The van der Waals surface area contributed by atoms with Crippen molar-refractivity contribution in [3.63, 3.8) is 0 Å². The largest absolute Gasteiger partial charge is 0.462 e. The monoisotopic (exact) mass is 649 g/mol. The van der Waals surface area contributed by atoms with E-state index in [1.807, 2.05) is 0 Å². The van der Waals surface area contributed by atoms with Crippen molar-refractivity contribution in [1.82, 2.24) is 0 Å². The third-order valence-electron chi connectivity index (χ3n) is 13.9. The normalized spacial score (nSPS) is 32.7. The molecule has 268 valence electrons. The van der Waals surface area contributed by atoms with Crippen LogP contribution in [-0.4, -0.2) is 12.1 Å². The summed E-state index contributed by atoms with van der Waals surface area (Å²) in [6.45, 7) is 14.9. The van der Waals surface area contributed by atoms with E-state index in [0.717, 1.165) is 67.6 Å². The molecule has 3 fully saturated rings. The van der Waals surface area contributed by atoms with Gasteiger partial charge in [-0.15, -0.1) is 0 Å². The van der Waals surface area contributed by atoms with Crippen molar-refractivity contribution in [3.05, 3.63) is 36.0 Å². The molecule has 0 heterocycles. The molecule has 4 rings (SSSR count). The number of ether oxygens (including phenoxy) is 1. The summed E-state index contributed by atoms with van der Waals surface area (Å²) in [7, 11) is 0. The average molecular weight is 649 g/mol. The predicted octanol–water partition coefficient (Wildman–Crippen LogP) is 13.8. The Morgan fingerprint density at radius 2 is 1.55 bits per heavy atom. The summed E-state index contributed by atoms with van der Waals surface area (Å²) in [4.78, 5) is 12.8. The van der Waals surface area contributed by atoms with Crippen LogP contribution in [0.2, 0.25) is 0 Å². The minimum absolute atomic E-state index is 0.0477. The van der Waals surface area contributed by atoms with E-state index in [9.17, 15) is 4.79 Å². The van der Waals surface area contributed by atoms with Crippen molar-refractivity contribution >= 4 is 5.97 Å². The van der Waals surface area contributed by atoms with E-state index in [4.69, 9.17) is 4.74 Å². The molecule has 4 aliphatic carbocycles. The maximum absolute atomic E-state index is 12.8. The Balaban J connectivity index is 1.13. The van der Waals surface area contributed by atoms with Crippen molar-refractivity contribution in [2.75, 3.05) is 0 Å². The van der Waals surface area contributed by atoms with Crippen molar-refractivity contribution in [2.24, 2.45) is 46.3 Å². The first-order valence-corrected chi connectivity index (χ1v) is 20.9. The minimum Gasteiger partial charge on any atom is -0.462 e. The summed E-state index contributed by atoms with van der Waals surface area (Å²) in [5, 5.41) is 0. The molecule has 0 unspecified atom stereocenters. The Morgan fingerprint density at radius 1 is 0.830 bits per heavy atom. The molecule has 0 aliphatic heterocycles. The first kappa shape index (κ1) is 38.5. The molecule has 4 aliphatic rings. The van der Waals surface area contributed by atoms with Crippen LogP contribution in [0.25, 0.3) is 0 Å². The molecule has 0 aromatic carbocycles. The van der Waals surface area contributed by atoms with Crippen LogP contribution in [0.3, 0.4) is 0 Å². The van der Waals surface area contributed by atoms with E-state index >= 15 is 0 Å². The Labute approximate surface area is 292 Å². The first-order chi connectivity index (χ1) is 22.7. The molecule has 0 aromatic heterocycles. The second-order valence-electron chi connectivity index (χ2n) is 17.6. The SMILES string of the molecule is CCCCC/C=C\C/C=C/CCCCCCCC(=O)O[C@H]1CC[C@@]2(C)C(=CC[C@H]3[C@@H]4CC[C@H]([C@H](C)CCCC(C)C)[C@@]4(C)CC[C@@H]32)C1. The molecular formula is C45H76O2. The summed E-state index contributed by atoms with van der Waals surface area (Å²) in [5.41, 5.74) is 2.52. The average Bonchev–Trinajstić information content (AvgIpc) is 3.40. The number of esters is 1. The zero-order chi connectivity index (χ0) is 33.7. The standard InChI is InChI=1S/C45H76O2/c1-7-8-9-10-11-12-13-14-15-16-17-18-19-20-21-25-43(46)47-38-30-32-44(5)37(34-38)26-27-39-41-29-28-40(36(4)24-22-23-35(2)3)45(41,6)33-31-42(39)44/h11-12,14-15,26,35-36,38-42H,7-10,13,16-25,27-34H2,1-6H3/b12-11-,15-14+/t36-,38+,39+,40-,41+,42+,44+,45-/m1/s1. The maximum atomic E-state index is 12.8. The summed E-state index contributed by atoms with van der Waals surface area (Å²) in [6.07, 6.45) is 40.5. The molecule has 0 radical (unpaired) electrons. The van der Waals surface area contributed by atoms with E-state index in [2.05, 4.69) is 71.9 Å². The number of hydrogen-bond acceptors (Lipinski definition) is 2. The van der Waals surface area contributed by atoms with Crippen LogP contribution in [0.1, 0.15) is 189 Å².